The summed E-state index contributed by atoms with van der Waals surface area (Å²) in [6, 6.07) is 5.59. The number of carbonyl (C=O) groups is 4. The van der Waals surface area contributed by atoms with E-state index in [1.54, 1.807) is 13.8 Å². The monoisotopic (exact) mass is 380 g/mol. The number of imide groups is 1. The third kappa shape index (κ3) is 5.76. The van der Waals surface area contributed by atoms with Gasteiger partial charge >= 0.3 is 6.16 Å². The van der Waals surface area contributed by atoms with Crippen LogP contribution in [0.4, 0.5) is 4.79 Å². The van der Waals surface area contributed by atoms with Crippen LogP contribution in [-0.2, 0) is 23.9 Å². The van der Waals surface area contributed by atoms with Crippen molar-refractivity contribution in [2.45, 2.75) is 39.2 Å². The first-order valence-corrected chi connectivity index (χ1v) is 8.15. The summed E-state index contributed by atoms with van der Waals surface area (Å²) in [7, 11) is 1.48. The highest BCUT2D eigenvalue weighted by Gasteiger charge is 2.33. The molecule has 0 aromatic heterocycles. The summed E-state index contributed by atoms with van der Waals surface area (Å²) in [6.07, 6.45) is -2.31. The van der Waals surface area contributed by atoms with Gasteiger partial charge in [0.05, 0.1) is 0 Å². The molecule has 27 heavy (non-hydrogen) atoms. The van der Waals surface area contributed by atoms with Crippen molar-refractivity contribution in [2.75, 3.05) is 7.11 Å². The fourth-order valence-electron chi connectivity index (χ4n) is 2.17. The lowest BCUT2D eigenvalue weighted by Crippen LogP contribution is -2.37. The van der Waals surface area contributed by atoms with Gasteiger partial charge in [0, 0.05) is 25.5 Å². The van der Waals surface area contributed by atoms with E-state index in [4.69, 9.17) is 14.2 Å². The standard InChI is InChI=1S/C17H20N2O8/c1-10(25-11(2)24-3)18-16(22)12-4-6-13(7-5-12)26-17(23)27-19-14(20)8-9-15(19)21/h4-7,10-11H,8-9H2,1-3H3,(H,18,22). The fourth-order valence-corrected chi connectivity index (χ4v) is 2.17. The second kappa shape index (κ2) is 9.10. The summed E-state index contributed by atoms with van der Waals surface area (Å²) in [5.74, 6) is -1.53. The molecule has 10 heteroatoms. The molecule has 1 aromatic carbocycles. The molecule has 1 heterocycles. The van der Waals surface area contributed by atoms with E-state index in [9.17, 15) is 19.2 Å². The maximum Gasteiger partial charge on any atom is 0.539 e. The molecule has 0 bridgehead atoms. The van der Waals surface area contributed by atoms with Crippen LogP contribution in [0.3, 0.4) is 0 Å². The highest BCUT2D eigenvalue weighted by molar-refractivity contribution is 6.01. The topological polar surface area (TPSA) is 120 Å². The summed E-state index contributed by atoms with van der Waals surface area (Å²) in [5, 5.41) is 3.01. The number of nitrogens with zero attached hydrogens (tertiary/aromatic N) is 1. The summed E-state index contributed by atoms with van der Waals surface area (Å²) < 4.78 is 15.2. The van der Waals surface area contributed by atoms with Crippen LogP contribution < -0.4 is 10.1 Å². The lowest BCUT2D eigenvalue weighted by molar-refractivity contribution is -0.174. The van der Waals surface area contributed by atoms with Crippen LogP contribution >= 0.6 is 0 Å². The van der Waals surface area contributed by atoms with Gasteiger partial charge in [0.1, 0.15) is 12.0 Å². The van der Waals surface area contributed by atoms with E-state index < -0.39 is 36.4 Å². The average molecular weight is 380 g/mol. The van der Waals surface area contributed by atoms with E-state index in [1.807, 2.05) is 0 Å². The van der Waals surface area contributed by atoms with Crippen LogP contribution in [0.1, 0.15) is 37.0 Å². The lowest BCUT2D eigenvalue weighted by Gasteiger charge is -2.19. The van der Waals surface area contributed by atoms with Gasteiger partial charge in [-0.05, 0) is 38.1 Å². The SMILES string of the molecule is COC(C)OC(C)NC(=O)c1ccc(OC(=O)ON2C(=O)CCC2=O)cc1. The van der Waals surface area contributed by atoms with Crippen molar-refractivity contribution in [3.05, 3.63) is 29.8 Å². The number of ether oxygens (including phenoxy) is 3. The first-order chi connectivity index (χ1) is 12.8. The average Bonchev–Trinajstić information content (AvgIpc) is 2.93. The number of carbonyl (C=O) groups excluding carboxylic acids is 4. The Hall–Kier alpha value is -2.98. The van der Waals surface area contributed by atoms with Gasteiger partial charge in [0.25, 0.3) is 17.7 Å². The quantitative estimate of drug-likeness (QED) is 0.326. The smallest absolute Gasteiger partial charge is 0.393 e. The van der Waals surface area contributed by atoms with Gasteiger partial charge in [-0.2, -0.15) is 0 Å². The van der Waals surface area contributed by atoms with E-state index in [2.05, 4.69) is 10.2 Å². The van der Waals surface area contributed by atoms with Crippen molar-refractivity contribution < 1.29 is 38.2 Å². The van der Waals surface area contributed by atoms with Gasteiger partial charge in [-0.25, -0.2) is 4.79 Å². The van der Waals surface area contributed by atoms with Gasteiger partial charge in [-0.1, -0.05) is 5.06 Å². The van der Waals surface area contributed by atoms with Crippen LogP contribution in [0.25, 0.3) is 0 Å². The van der Waals surface area contributed by atoms with E-state index >= 15 is 0 Å². The molecule has 1 saturated heterocycles. The van der Waals surface area contributed by atoms with Gasteiger partial charge in [-0.3, -0.25) is 19.2 Å². The number of hydroxylamine groups is 2. The van der Waals surface area contributed by atoms with Gasteiger partial charge in [0.2, 0.25) is 0 Å². The van der Waals surface area contributed by atoms with Crippen molar-refractivity contribution in [1.82, 2.24) is 10.4 Å². The summed E-state index contributed by atoms with van der Waals surface area (Å²) in [6.45, 7) is 3.35. The van der Waals surface area contributed by atoms with Gasteiger partial charge in [-0.15, -0.1) is 0 Å². The summed E-state index contributed by atoms with van der Waals surface area (Å²) >= 11 is 0. The first-order valence-electron chi connectivity index (χ1n) is 8.15. The van der Waals surface area contributed by atoms with Crippen LogP contribution in [-0.4, -0.2) is 48.6 Å². The fraction of sp³-hybridized carbons (Fsp3) is 0.412. The number of hydrogen-bond acceptors (Lipinski definition) is 8. The second-order valence-corrected chi connectivity index (χ2v) is 5.60. The molecule has 2 rings (SSSR count). The zero-order valence-electron chi connectivity index (χ0n) is 15.1. The van der Waals surface area contributed by atoms with E-state index in [-0.39, 0.29) is 18.6 Å². The largest absolute Gasteiger partial charge is 0.539 e. The number of hydrogen-bond donors (Lipinski definition) is 1. The Morgan fingerprint density at radius 1 is 1.07 bits per heavy atom. The highest BCUT2D eigenvalue weighted by Crippen LogP contribution is 2.16. The molecular formula is C17H20N2O8. The predicted molar refractivity (Wildman–Crippen MR) is 89.1 cm³/mol. The van der Waals surface area contributed by atoms with Crippen LogP contribution in [0.15, 0.2) is 24.3 Å². The Labute approximate surface area is 155 Å². The van der Waals surface area contributed by atoms with E-state index in [0.29, 0.717) is 10.6 Å². The molecule has 1 aliphatic rings. The highest BCUT2D eigenvalue weighted by atomic mass is 16.8. The van der Waals surface area contributed by atoms with Gasteiger partial charge < -0.3 is 19.5 Å². The minimum Gasteiger partial charge on any atom is -0.393 e. The number of amides is 3. The Morgan fingerprint density at radius 2 is 1.67 bits per heavy atom. The first kappa shape index (κ1) is 20.3. The van der Waals surface area contributed by atoms with Crippen LogP contribution in [0.5, 0.6) is 5.75 Å². The van der Waals surface area contributed by atoms with Crippen molar-refractivity contribution in [1.29, 1.82) is 0 Å². The predicted octanol–water partition coefficient (Wildman–Crippen LogP) is 1.35. The number of benzene rings is 1. The molecule has 1 fully saturated rings. The van der Waals surface area contributed by atoms with Crippen LogP contribution in [0, 0.1) is 0 Å². The minimum atomic E-state index is -1.23. The second-order valence-electron chi connectivity index (χ2n) is 5.60. The molecule has 3 amide bonds. The molecule has 1 aromatic rings. The minimum absolute atomic E-state index is 0.0127. The van der Waals surface area contributed by atoms with E-state index in [0.717, 1.165) is 0 Å². The Kier molecular flexibility index (Phi) is 6.85. The maximum atomic E-state index is 12.1. The Balaban J connectivity index is 1.87. The zero-order valence-corrected chi connectivity index (χ0v) is 15.1. The number of nitrogens with one attached hydrogen (secondary N) is 1. The molecule has 2 atom stereocenters. The van der Waals surface area contributed by atoms with Crippen molar-refractivity contribution in [2.24, 2.45) is 0 Å². The molecule has 146 valence electrons. The Bertz CT molecular complexity index is 702. The molecule has 2 unspecified atom stereocenters. The van der Waals surface area contributed by atoms with Crippen molar-refractivity contribution in [3.8, 4) is 5.75 Å². The normalized spacial score (nSPS) is 16.0. The molecule has 1 aliphatic heterocycles. The van der Waals surface area contributed by atoms with E-state index in [1.165, 1.54) is 31.4 Å². The molecule has 0 saturated carbocycles. The number of methoxy groups -OCH3 is 1. The molecule has 1 N–H and O–H groups in total. The zero-order chi connectivity index (χ0) is 20.0. The molecule has 0 spiro atoms. The molecule has 10 nitrogen and oxygen atoms in total. The lowest BCUT2D eigenvalue weighted by atomic mass is 10.2. The third-order valence-corrected chi connectivity index (χ3v) is 3.55. The van der Waals surface area contributed by atoms with Crippen LogP contribution in [0.2, 0.25) is 0 Å². The Morgan fingerprint density at radius 3 is 2.22 bits per heavy atom. The molecular weight excluding hydrogens is 360 g/mol. The number of rotatable bonds is 7. The summed E-state index contributed by atoms with van der Waals surface area (Å²) in [5.41, 5.74) is 0.307. The van der Waals surface area contributed by atoms with Crippen molar-refractivity contribution in [3.63, 3.8) is 0 Å². The maximum absolute atomic E-state index is 12.1. The molecule has 0 aliphatic carbocycles. The third-order valence-electron chi connectivity index (χ3n) is 3.55. The van der Waals surface area contributed by atoms with Gasteiger partial charge in [0.15, 0.2) is 6.29 Å². The molecule has 0 radical (unpaired) electrons. The summed E-state index contributed by atoms with van der Waals surface area (Å²) in [4.78, 5) is 51.1. The van der Waals surface area contributed by atoms with Crippen molar-refractivity contribution >= 4 is 23.9 Å².